The monoisotopic (exact) mass is 591 g/mol. The van der Waals surface area contributed by atoms with Crippen molar-refractivity contribution >= 4 is 29.4 Å². The van der Waals surface area contributed by atoms with E-state index in [0.717, 1.165) is 35.6 Å². The van der Waals surface area contributed by atoms with Crippen LogP contribution in [0.1, 0.15) is 79.5 Å². The van der Waals surface area contributed by atoms with Crippen molar-refractivity contribution in [2.75, 3.05) is 41.7 Å². The van der Waals surface area contributed by atoms with Gasteiger partial charge in [-0.15, -0.1) is 0 Å². The number of rotatable bonds is 5. The molecule has 0 unspecified atom stereocenters. The van der Waals surface area contributed by atoms with E-state index < -0.39 is 5.60 Å². The summed E-state index contributed by atoms with van der Waals surface area (Å²) in [5.74, 6) is 1.41. The first-order valence-corrected chi connectivity index (χ1v) is 15.4. The number of ether oxygens (including phenoxy) is 1. The quantitative estimate of drug-likeness (QED) is 0.321. The van der Waals surface area contributed by atoms with Gasteiger partial charge in [0.05, 0.1) is 23.3 Å². The molecule has 2 aliphatic rings. The van der Waals surface area contributed by atoms with Gasteiger partial charge in [-0.25, -0.2) is 19.3 Å². The molecule has 5 rings (SSSR count). The van der Waals surface area contributed by atoms with Crippen LogP contribution in [0.5, 0.6) is 0 Å². The molecule has 1 saturated carbocycles. The summed E-state index contributed by atoms with van der Waals surface area (Å²) in [5, 5.41) is 10.7. The minimum atomic E-state index is -0.511. The van der Waals surface area contributed by atoms with Crippen LogP contribution in [0.2, 0.25) is 0 Å². The standard InChI is InChI=1S/C29H37N7O3.2C2H6/c1-20-6-9-22(10-7-20)36-25(18-23(33-36)29(5)12-13-29)32-26(37)31-21-8-11-24(30-19-21)34-14-16-35(17-15-34)27(38)39-28(2,3)4;2*1-2/h6-11,18-19H,12-17H2,1-5H3,(H2,31,32,37);2*1-2H3. The Morgan fingerprint density at radius 1 is 0.907 bits per heavy atom. The topological polar surface area (TPSA) is 105 Å². The Hall–Kier alpha value is -4.08. The molecular weight excluding hydrogens is 542 g/mol. The number of urea groups is 1. The molecule has 2 fully saturated rings. The zero-order valence-electron chi connectivity index (χ0n) is 27.3. The third-order valence-corrected chi connectivity index (χ3v) is 7.11. The first kappa shape index (κ1) is 33.4. The van der Waals surface area contributed by atoms with Crippen molar-refractivity contribution in [3.63, 3.8) is 0 Å². The smallest absolute Gasteiger partial charge is 0.410 e. The molecule has 3 amide bonds. The van der Waals surface area contributed by atoms with E-state index in [4.69, 9.17) is 9.84 Å². The fourth-order valence-electron chi connectivity index (χ4n) is 4.46. The molecule has 0 bridgehead atoms. The average Bonchev–Trinajstić information content (AvgIpc) is 3.61. The van der Waals surface area contributed by atoms with Crippen LogP contribution in [0.25, 0.3) is 5.69 Å². The molecule has 1 aliphatic heterocycles. The van der Waals surface area contributed by atoms with Gasteiger partial charge in [0.1, 0.15) is 17.2 Å². The van der Waals surface area contributed by atoms with Gasteiger partial charge < -0.3 is 19.9 Å². The van der Waals surface area contributed by atoms with Crippen LogP contribution in [0.4, 0.5) is 26.9 Å². The number of carbonyl (C=O) groups is 2. The summed E-state index contributed by atoms with van der Waals surface area (Å²) in [7, 11) is 0. The average molecular weight is 592 g/mol. The maximum absolute atomic E-state index is 12.9. The van der Waals surface area contributed by atoms with E-state index in [0.29, 0.717) is 37.7 Å². The van der Waals surface area contributed by atoms with E-state index in [-0.39, 0.29) is 17.5 Å². The fourth-order valence-corrected chi connectivity index (χ4v) is 4.46. The van der Waals surface area contributed by atoms with Crippen LogP contribution in [-0.2, 0) is 10.2 Å². The molecule has 1 saturated heterocycles. The maximum Gasteiger partial charge on any atom is 0.410 e. The van der Waals surface area contributed by atoms with Crippen molar-refractivity contribution < 1.29 is 14.3 Å². The highest BCUT2D eigenvalue weighted by molar-refractivity contribution is 5.99. The number of hydrogen-bond acceptors (Lipinski definition) is 6. The van der Waals surface area contributed by atoms with Crippen molar-refractivity contribution in [3.8, 4) is 5.69 Å². The second-order valence-electron chi connectivity index (χ2n) is 11.7. The van der Waals surface area contributed by atoms with Crippen LogP contribution in [0, 0.1) is 6.92 Å². The van der Waals surface area contributed by atoms with Gasteiger partial charge in [0.25, 0.3) is 0 Å². The number of hydrogen-bond donors (Lipinski definition) is 2. The lowest BCUT2D eigenvalue weighted by Gasteiger charge is -2.36. The molecule has 2 aromatic heterocycles. The summed E-state index contributed by atoms with van der Waals surface area (Å²) in [5.41, 5.74) is 3.18. The summed E-state index contributed by atoms with van der Waals surface area (Å²) >= 11 is 0. The lowest BCUT2D eigenvalue weighted by Crippen LogP contribution is -2.50. The number of carbonyl (C=O) groups excluding carboxylic acids is 2. The molecule has 0 radical (unpaired) electrons. The Kier molecular flexibility index (Phi) is 11.2. The number of anilines is 3. The molecule has 2 N–H and O–H groups in total. The fraction of sp³-hybridized carbons (Fsp3) is 0.515. The highest BCUT2D eigenvalue weighted by atomic mass is 16.6. The van der Waals surface area contributed by atoms with Gasteiger partial charge in [0.2, 0.25) is 0 Å². The van der Waals surface area contributed by atoms with Crippen LogP contribution in [0.15, 0.2) is 48.7 Å². The molecule has 0 spiro atoms. The van der Waals surface area contributed by atoms with Crippen molar-refractivity contribution in [3.05, 3.63) is 59.9 Å². The predicted octanol–water partition coefficient (Wildman–Crippen LogP) is 7.38. The van der Waals surface area contributed by atoms with E-state index in [1.165, 1.54) is 0 Å². The molecule has 10 nitrogen and oxygen atoms in total. The number of amides is 3. The summed E-state index contributed by atoms with van der Waals surface area (Å²) in [6.45, 7) is 20.3. The number of benzene rings is 1. The van der Waals surface area contributed by atoms with E-state index in [1.807, 2.05) is 97.9 Å². The van der Waals surface area contributed by atoms with Crippen molar-refractivity contribution in [1.29, 1.82) is 0 Å². The molecule has 0 atom stereocenters. The Morgan fingerprint density at radius 3 is 2.07 bits per heavy atom. The van der Waals surface area contributed by atoms with Crippen LogP contribution >= 0.6 is 0 Å². The number of pyridine rings is 1. The highest BCUT2D eigenvalue weighted by Crippen LogP contribution is 2.47. The Balaban J connectivity index is 0.00000121. The summed E-state index contributed by atoms with van der Waals surface area (Å²) in [4.78, 5) is 33.6. The molecule has 1 aromatic carbocycles. The molecule has 234 valence electrons. The Morgan fingerprint density at radius 2 is 1.53 bits per heavy atom. The first-order valence-electron chi connectivity index (χ1n) is 15.4. The number of aromatic nitrogens is 3. The highest BCUT2D eigenvalue weighted by Gasteiger charge is 2.42. The zero-order chi connectivity index (χ0) is 31.8. The lowest BCUT2D eigenvalue weighted by atomic mass is 10.1. The van der Waals surface area contributed by atoms with Gasteiger partial charge >= 0.3 is 12.1 Å². The second-order valence-corrected chi connectivity index (χ2v) is 11.7. The Labute approximate surface area is 256 Å². The predicted molar refractivity (Wildman–Crippen MR) is 174 cm³/mol. The number of nitrogens with zero attached hydrogens (tertiary/aromatic N) is 5. The van der Waals surface area contributed by atoms with Gasteiger partial charge in [0.15, 0.2) is 0 Å². The maximum atomic E-state index is 12.9. The van der Waals surface area contributed by atoms with Crippen molar-refractivity contribution in [1.82, 2.24) is 19.7 Å². The van der Waals surface area contributed by atoms with Gasteiger partial charge in [-0.1, -0.05) is 52.3 Å². The van der Waals surface area contributed by atoms with Crippen LogP contribution in [0.3, 0.4) is 0 Å². The third-order valence-electron chi connectivity index (χ3n) is 7.11. The molecule has 10 heteroatoms. The second kappa shape index (κ2) is 14.4. The van der Waals surface area contributed by atoms with Gasteiger partial charge in [0, 0.05) is 37.7 Å². The van der Waals surface area contributed by atoms with Crippen molar-refractivity contribution in [2.24, 2.45) is 0 Å². The largest absolute Gasteiger partial charge is 0.444 e. The first-order chi connectivity index (χ1) is 20.5. The third kappa shape index (κ3) is 8.95. The number of aryl methyl sites for hydroxylation is 1. The van der Waals surface area contributed by atoms with E-state index in [9.17, 15) is 9.59 Å². The molecular formula is C33H49N7O3. The normalized spacial score (nSPS) is 15.3. The summed E-state index contributed by atoms with van der Waals surface area (Å²) < 4.78 is 7.26. The molecule has 3 heterocycles. The number of nitrogens with one attached hydrogen (secondary N) is 2. The molecule has 1 aliphatic carbocycles. The van der Waals surface area contributed by atoms with Gasteiger partial charge in [-0.3, -0.25) is 5.32 Å². The minimum absolute atomic E-state index is 0.0704. The SMILES string of the molecule is CC.CC.Cc1ccc(-n2nc(C3(C)CC3)cc2NC(=O)Nc2ccc(N3CCN(C(=O)OC(C)(C)C)CC3)nc2)cc1. The minimum Gasteiger partial charge on any atom is -0.444 e. The van der Waals surface area contributed by atoms with Crippen molar-refractivity contribution in [2.45, 2.75) is 86.2 Å². The van der Waals surface area contributed by atoms with Gasteiger partial charge in [-0.05, 0) is 64.8 Å². The summed E-state index contributed by atoms with van der Waals surface area (Å²) in [6.07, 6.45) is 3.54. The van der Waals surface area contributed by atoms with E-state index in [1.54, 1.807) is 15.8 Å². The number of piperazine rings is 1. The van der Waals surface area contributed by atoms with E-state index in [2.05, 4.69) is 27.4 Å². The molecule has 3 aromatic rings. The Bertz CT molecular complexity index is 1330. The summed E-state index contributed by atoms with van der Waals surface area (Å²) in [6, 6.07) is 13.4. The molecule has 43 heavy (non-hydrogen) atoms. The van der Waals surface area contributed by atoms with E-state index >= 15 is 0 Å². The van der Waals surface area contributed by atoms with Gasteiger partial charge in [-0.2, -0.15) is 5.10 Å². The lowest BCUT2D eigenvalue weighted by molar-refractivity contribution is 0.0240. The van der Waals surface area contributed by atoms with Crippen LogP contribution in [-0.4, -0.2) is 63.6 Å². The zero-order valence-corrected chi connectivity index (χ0v) is 27.3. The van der Waals surface area contributed by atoms with Crippen LogP contribution < -0.4 is 15.5 Å².